The topological polar surface area (TPSA) is 54.5 Å². The minimum Gasteiger partial charge on any atom is -0.274 e. The van der Waals surface area contributed by atoms with Gasteiger partial charge in [-0.3, -0.25) is 14.4 Å². The van der Waals surface area contributed by atoms with Gasteiger partial charge in [0.05, 0.1) is 0 Å². The van der Waals surface area contributed by atoms with Gasteiger partial charge in [0.1, 0.15) is 0 Å². The van der Waals surface area contributed by atoms with Gasteiger partial charge in [-0.1, -0.05) is 13.8 Å². The molecule has 80 valence electrons. The van der Waals surface area contributed by atoms with Gasteiger partial charge in [0, 0.05) is 19.8 Å². The molecule has 0 aliphatic rings. The van der Waals surface area contributed by atoms with Crippen LogP contribution in [0.5, 0.6) is 0 Å². The fourth-order valence-corrected chi connectivity index (χ4v) is 1.14. The number of carbonyl (C=O) groups excluding carboxylic acids is 3. The fourth-order valence-electron chi connectivity index (χ4n) is 1.14. The molecule has 0 spiro atoms. The van der Waals surface area contributed by atoms with Crippen molar-refractivity contribution >= 4 is 17.7 Å². The first-order valence-electron chi connectivity index (χ1n) is 4.90. The summed E-state index contributed by atoms with van der Waals surface area (Å²) in [5.74, 6) is -1.26. The van der Waals surface area contributed by atoms with Crippen molar-refractivity contribution in [3.8, 4) is 0 Å². The van der Waals surface area contributed by atoms with Crippen molar-refractivity contribution < 1.29 is 14.4 Å². The zero-order valence-corrected chi connectivity index (χ0v) is 9.00. The van der Waals surface area contributed by atoms with Gasteiger partial charge in [-0.25, -0.2) is 4.90 Å². The third-order valence-electron chi connectivity index (χ3n) is 1.74. The third kappa shape index (κ3) is 3.68. The molecule has 0 unspecified atom stereocenters. The normalized spacial score (nSPS) is 9.64. The van der Waals surface area contributed by atoms with E-state index in [1.165, 1.54) is 6.92 Å². The third-order valence-corrected chi connectivity index (χ3v) is 1.74. The van der Waals surface area contributed by atoms with Gasteiger partial charge >= 0.3 is 0 Å². The van der Waals surface area contributed by atoms with Crippen molar-refractivity contribution in [2.45, 2.75) is 46.5 Å². The Bertz CT molecular complexity index is 218. The summed E-state index contributed by atoms with van der Waals surface area (Å²) in [6.07, 6.45) is 1.77. The zero-order chi connectivity index (χ0) is 11.1. The summed E-state index contributed by atoms with van der Waals surface area (Å²) >= 11 is 0. The summed E-state index contributed by atoms with van der Waals surface area (Å²) in [4.78, 5) is 34.6. The number of carbonyl (C=O) groups is 3. The molecule has 14 heavy (non-hydrogen) atoms. The Balaban J connectivity index is 4.51. The molecule has 0 fully saturated rings. The standard InChI is InChI=1S/C10H17NO3/c1-4-6-9(13)11(8(3)12)10(14)7-5-2/h4-7H2,1-3H3. The van der Waals surface area contributed by atoms with Crippen LogP contribution < -0.4 is 0 Å². The largest absolute Gasteiger partial charge is 0.274 e. The smallest absolute Gasteiger partial charge is 0.235 e. The SMILES string of the molecule is CCCC(=O)N(C(C)=O)C(=O)CCC. The summed E-state index contributed by atoms with van der Waals surface area (Å²) < 4.78 is 0. The van der Waals surface area contributed by atoms with Crippen molar-refractivity contribution in [3.63, 3.8) is 0 Å². The second-order valence-corrected chi connectivity index (χ2v) is 3.14. The van der Waals surface area contributed by atoms with E-state index >= 15 is 0 Å². The Hall–Kier alpha value is -1.19. The number of imide groups is 3. The van der Waals surface area contributed by atoms with Gasteiger partial charge in [0.2, 0.25) is 17.7 Å². The molecular weight excluding hydrogens is 182 g/mol. The Morgan fingerprint density at radius 1 is 0.929 bits per heavy atom. The molecule has 0 radical (unpaired) electrons. The van der Waals surface area contributed by atoms with Crippen LogP contribution in [0.25, 0.3) is 0 Å². The van der Waals surface area contributed by atoms with Crippen molar-refractivity contribution in [2.75, 3.05) is 0 Å². The van der Waals surface area contributed by atoms with Gasteiger partial charge in [-0.05, 0) is 12.8 Å². The molecule has 0 aromatic rings. The lowest BCUT2D eigenvalue weighted by Gasteiger charge is -2.16. The molecule has 0 aromatic heterocycles. The minimum absolute atomic E-state index is 0.245. The number of amides is 3. The molecule has 4 nitrogen and oxygen atoms in total. The predicted molar refractivity (Wildman–Crippen MR) is 52.4 cm³/mol. The molecule has 0 aliphatic heterocycles. The lowest BCUT2D eigenvalue weighted by atomic mass is 10.2. The maximum absolute atomic E-state index is 11.4. The van der Waals surface area contributed by atoms with Crippen LogP contribution in [-0.2, 0) is 14.4 Å². The average molecular weight is 199 g/mol. The van der Waals surface area contributed by atoms with Crippen LogP contribution in [0.3, 0.4) is 0 Å². The molecule has 3 amide bonds. The molecule has 0 bridgehead atoms. The first-order chi connectivity index (χ1) is 6.54. The van der Waals surface area contributed by atoms with Crippen molar-refractivity contribution in [2.24, 2.45) is 0 Å². The number of nitrogens with zero attached hydrogens (tertiary/aromatic N) is 1. The van der Waals surface area contributed by atoms with Crippen LogP contribution in [0.4, 0.5) is 0 Å². The first kappa shape index (κ1) is 12.8. The highest BCUT2D eigenvalue weighted by atomic mass is 16.2. The number of rotatable bonds is 4. The van der Waals surface area contributed by atoms with Crippen LogP contribution in [0.15, 0.2) is 0 Å². The summed E-state index contributed by atoms with van der Waals surface area (Å²) in [5, 5.41) is 0. The van der Waals surface area contributed by atoms with E-state index in [9.17, 15) is 14.4 Å². The Labute approximate surface area is 84.3 Å². The highest BCUT2D eigenvalue weighted by Gasteiger charge is 2.23. The molecule has 0 heterocycles. The lowest BCUT2D eigenvalue weighted by Crippen LogP contribution is -2.40. The van der Waals surface area contributed by atoms with Crippen LogP contribution in [-0.4, -0.2) is 22.6 Å². The highest BCUT2D eigenvalue weighted by molar-refractivity contribution is 6.09. The first-order valence-corrected chi connectivity index (χ1v) is 4.90. The van der Waals surface area contributed by atoms with Crippen LogP contribution in [0.1, 0.15) is 46.5 Å². The van der Waals surface area contributed by atoms with E-state index in [0.29, 0.717) is 12.8 Å². The maximum Gasteiger partial charge on any atom is 0.235 e. The molecule has 0 rings (SSSR count). The minimum atomic E-state index is -0.484. The summed E-state index contributed by atoms with van der Waals surface area (Å²) in [6, 6.07) is 0. The van der Waals surface area contributed by atoms with Crippen LogP contribution in [0, 0.1) is 0 Å². The van der Waals surface area contributed by atoms with Crippen LogP contribution >= 0.6 is 0 Å². The van der Waals surface area contributed by atoms with Gasteiger partial charge in [0.15, 0.2) is 0 Å². The van der Waals surface area contributed by atoms with Crippen molar-refractivity contribution in [3.05, 3.63) is 0 Å². The van der Waals surface area contributed by atoms with E-state index in [2.05, 4.69) is 0 Å². The Morgan fingerprint density at radius 2 is 1.29 bits per heavy atom. The van der Waals surface area contributed by atoms with E-state index in [4.69, 9.17) is 0 Å². The van der Waals surface area contributed by atoms with Crippen molar-refractivity contribution in [1.29, 1.82) is 0 Å². The van der Waals surface area contributed by atoms with E-state index in [1.54, 1.807) is 0 Å². The molecule has 0 saturated heterocycles. The van der Waals surface area contributed by atoms with Gasteiger partial charge in [-0.15, -0.1) is 0 Å². The quantitative estimate of drug-likeness (QED) is 0.689. The second kappa shape index (κ2) is 6.29. The van der Waals surface area contributed by atoms with E-state index in [-0.39, 0.29) is 12.8 Å². The Morgan fingerprint density at radius 3 is 1.50 bits per heavy atom. The highest BCUT2D eigenvalue weighted by Crippen LogP contribution is 2.03. The number of hydrogen-bond donors (Lipinski definition) is 0. The van der Waals surface area contributed by atoms with Gasteiger partial charge < -0.3 is 0 Å². The molecule has 0 aliphatic carbocycles. The number of hydrogen-bond acceptors (Lipinski definition) is 3. The molecule has 0 aromatic carbocycles. The maximum atomic E-state index is 11.4. The van der Waals surface area contributed by atoms with Crippen LogP contribution in [0.2, 0.25) is 0 Å². The summed E-state index contributed by atoms with van der Waals surface area (Å²) in [5.41, 5.74) is 0. The second-order valence-electron chi connectivity index (χ2n) is 3.14. The average Bonchev–Trinajstić information content (AvgIpc) is 2.04. The van der Waals surface area contributed by atoms with E-state index in [1.807, 2.05) is 13.8 Å². The monoisotopic (exact) mass is 199 g/mol. The molecule has 0 saturated carbocycles. The van der Waals surface area contributed by atoms with Crippen molar-refractivity contribution in [1.82, 2.24) is 4.90 Å². The molecule has 0 N–H and O–H groups in total. The fraction of sp³-hybridized carbons (Fsp3) is 0.700. The predicted octanol–water partition coefficient (Wildman–Crippen LogP) is 1.49. The van der Waals surface area contributed by atoms with Gasteiger partial charge in [-0.2, -0.15) is 0 Å². The summed E-state index contributed by atoms with van der Waals surface area (Å²) in [6.45, 7) is 4.90. The molecule has 4 heteroatoms. The zero-order valence-electron chi connectivity index (χ0n) is 9.00. The lowest BCUT2D eigenvalue weighted by molar-refractivity contribution is -0.153. The van der Waals surface area contributed by atoms with Gasteiger partial charge in [0.25, 0.3) is 0 Å². The summed E-state index contributed by atoms with van der Waals surface area (Å²) in [7, 11) is 0. The molecular formula is C10H17NO3. The molecule has 0 atom stereocenters. The van der Waals surface area contributed by atoms with E-state index < -0.39 is 17.7 Å². The Kier molecular flexibility index (Phi) is 5.76. The van der Waals surface area contributed by atoms with E-state index in [0.717, 1.165) is 4.90 Å².